The van der Waals surface area contributed by atoms with Crippen molar-refractivity contribution in [3.63, 3.8) is 0 Å². The first-order valence-corrected chi connectivity index (χ1v) is 4.55. The molecule has 1 heterocycles. The second kappa shape index (κ2) is 6.96. The van der Waals surface area contributed by atoms with E-state index in [0.29, 0.717) is 5.75 Å². The van der Waals surface area contributed by atoms with Crippen LogP contribution in [0.3, 0.4) is 0 Å². The number of carboxylic acid groups (broad SMARTS) is 1. The molecular weight excluding hydrogens is 218 g/mol. The van der Waals surface area contributed by atoms with Gasteiger partial charge in [-0.3, -0.25) is 0 Å². The van der Waals surface area contributed by atoms with E-state index >= 15 is 0 Å². The predicted molar refractivity (Wildman–Crippen MR) is 67.8 cm³/mol. The van der Waals surface area contributed by atoms with Gasteiger partial charge in [0, 0.05) is 23.7 Å². The second-order valence-electron chi connectivity index (χ2n) is 2.93. The third kappa shape index (κ3) is 4.76. The van der Waals surface area contributed by atoms with E-state index in [0.717, 1.165) is 10.9 Å². The molecule has 2 aromatic rings. The standard InChI is InChI=1S/C8H7NO.C4H4O2.CH4/c10-7-2-1-6-3-4-9-8(6)5-7;1-2-3-4(5)6;/h1-5,9-10H;1H3,(H,5,6);1H4. The minimum absolute atomic E-state index is 0. The Labute approximate surface area is 99.9 Å². The lowest BCUT2D eigenvalue weighted by molar-refractivity contribution is -0.130. The van der Waals surface area contributed by atoms with Crippen LogP contribution in [0, 0.1) is 11.8 Å². The Kier molecular flexibility index (Phi) is 5.98. The van der Waals surface area contributed by atoms with Crippen molar-refractivity contribution in [2.75, 3.05) is 0 Å². The number of aliphatic carboxylic acids is 1. The minimum atomic E-state index is -1.07. The van der Waals surface area contributed by atoms with Crippen molar-refractivity contribution in [3.05, 3.63) is 30.5 Å². The second-order valence-corrected chi connectivity index (χ2v) is 2.93. The van der Waals surface area contributed by atoms with Gasteiger partial charge in [-0.25, -0.2) is 4.79 Å². The van der Waals surface area contributed by atoms with Crippen molar-refractivity contribution in [2.45, 2.75) is 14.4 Å². The molecule has 0 saturated heterocycles. The maximum Gasteiger partial charge on any atom is 0.381 e. The molecule has 0 atom stereocenters. The van der Waals surface area contributed by atoms with Crippen LogP contribution in [-0.4, -0.2) is 21.2 Å². The van der Waals surface area contributed by atoms with E-state index in [9.17, 15) is 4.79 Å². The molecule has 17 heavy (non-hydrogen) atoms. The number of aromatic amines is 1. The van der Waals surface area contributed by atoms with Crippen LogP contribution >= 0.6 is 0 Å². The van der Waals surface area contributed by atoms with E-state index in [-0.39, 0.29) is 7.43 Å². The molecule has 0 spiro atoms. The molecule has 4 heteroatoms. The molecule has 0 aliphatic carbocycles. The van der Waals surface area contributed by atoms with Crippen molar-refractivity contribution in [1.82, 2.24) is 4.98 Å². The average Bonchev–Trinajstić information content (AvgIpc) is 2.65. The molecule has 0 aliphatic rings. The van der Waals surface area contributed by atoms with Gasteiger partial charge in [0.25, 0.3) is 0 Å². The Morgan fingerprint density at radius 2 is 2.06 bits per heavy atom. The fraction of sp³-hybridized carbons (Fsp3) is 0.154. The molecule has 0 saturated carbocycles. The first-order chi connectivity index (χ1) is 7.63. The number of aromatic nitrogens is 1. The number of fused-ring (bicyclic) bond motifs is 1. The molecule has 1 aromatic heterocycles. The first kappa shape index (κ1) is 14.6. The third-order valence-electron chi connectivity index (χ3n) is 1.77. The molecule has 1 aromatic carbocycles. The van der Waals surface area contributed by atoms with Gasteiger partial charge in [-0.05, 0) is 30.5 Å². The Balaban J connectivity index is 0.000000324. The number of aromatic hydroxyl groups is 1. The zero-order valence-electron chi connectivity index (χ0n) is 8.69. The SMILES string of the molecule is C.CC#CC(=O)O.Oc1ccc2cc[nH]c2c1. The summed E-state index contributed by atoms with van der Waals surface area (Å²) >= 11 is 0. The number of carbonyl (C=O) groups is 1. The molecule has 0 fully saturated rings. The zero-order valence-corrected chi connectivity index (χ0v) is 8.69. The molecule has 4 nitrogen and oxygen atoms in total. The third-order valence-corrected chi connectivity index (χ3v) is 1.77. The summed E-state index contributed by atoms with van der Waals surface area (Å²) in [5.41, 5.74) is 0.972. The lowest BCUT2D eigenvalue weighted by Crippen LogP contribution is -1.84. The van der Waals surface area contributed by atoms with E-state index < -0.39 is 5.97 Å². The maximum atomic E-state index is 9.43. The summed E-state index contributed by atoms with van der Waals surface area (Å²) < 4.78 is 0. The number of benzene rings is 1. The fourth-order valence-corrected chi connectivity index (χ4v) is 1.14. The predicted octanol–water partition coefficient (Wildman–Crippen LogP) is 2.60. The highest BCUT2D eigenvalue weighted by Crippen LogP contribution is 2.17. The fourth-order valence-electron chi connectivity index (χ4n) is 1.14. The van der Waals surface area contributed by atoms with Crippen LogP contribution in [0.1, 0.15) is 14.4 Å². The average molecular weight is 233 g/mol. The smallest absolute Gasteiger partial charge is 0.381 e. The summed E-state index contributed by atoms with van der Waals surface area (Å²) in [4.78, 5) is 12.4. The number of hydrogen-bond acceptors (Lipinski definition) is 2. The molecule has 0 unspecified atom stereocenters. The zero-order chi connectivity index (χ0) is 12.0. The van der Waals surface area contributed by atoms with Crippen molar-refractivity contribution in [3.8, 4) is 17.6 Å². The largest absolute Gasteiger partial charge is 0.508 e. The summed E-state index contributed by atoms with van der Waals surface area (Å²) in [6.07, 6.45) is 1.85. The quantitative estimate of drug-likeness (QED) is 0.612. The van der Waals surface area contributed by atoms with E-state index in [1.807, 2.05) is 24.3 Å². The minimum Gasteiger partial charge on any atom is -0.508 e. The number of phenols is 1. The Morgan fingerprint density at radius 3 is 2.59 bits per heavy atom. The number of hydrogen-bond donors (Lipinski definition) is 3. The Hall–Kier alpha value is -2.41. The molecule has 90 valence electrons. The van der Waals surface area contributed by atoms with Gasteiger partial charge < -0.3 is 15.2 Å². The summed E-state index contributed by atoms with van der Waals surface area (Å²) in [6, 6.07) is 7.22. The van der Waals surface area contributed by atoms with E-state index in [4.69, 9.17) is 10.2 Å². The number of H-pyrrole nitrogens is 1. The molecule has 3 N–H and O–H groups in total. The number of phenolic OH excluding ortho intramolecular Hbond substituents is 1. The normalized spacial score (nSPS) is 8.06. The van der Waals surface area contributed by atoms with E-state index in [1.54, 1.807) is 12.1 Å². The maximum absolute atomic E-state index is 9.43. The van der Waals surface area contributed by atoms with Gasteiger partial charge in [-0.1, -0.05) is 13.3 Å². The van der Waals surface area contributed by atoms with Gasteiger partial charge in [0.1, 0.15) is 5.75 Å². The lowest BCUT2D eigenvalue weighted by Gasteiger charge is -1.89. The van der Waals surface area contributed by atoms with Crippen molar-refractivity contribution < 1.29 is 15.0 Å². The van der Waals surface area contributed by atoms with E-state index in [1.165, 1.54) is 6.92 Å². The highest BCUT2D eigenvalue weighted by atomic mass is 16.4. The molecule has 0 bridgehead atoms. The number of carboxylic acids is 1. The summed E-state index contributed by atoms with van der Waals surface area (Å²) in [5, 5.41) is 17.9. The number of rotatable bonds is 0. The molecule has 0 amide bonds. The van der Waals surface area contributed by atoms with Gasteiger partial charge in [0.2, 0.25) is 0 Å². The molecular formula is C13H15NO3. The van der Waals surface area contributed by atoms with Crippen LogP contribution in [0.5, 0.6) is 5.75 Å². The lowest BCUT2D eigenvalue weighted by atomic mass is 10.2. The van der Waals surface area contributed by atoms with Crippen molar-refractivity contribution >= 4 is 16.9 Å². The van der Waals surface area contributed by atoms with Crippen LogP contribution in [0.4, 0.5) is 0 Å². The van der Waals surface area contributed by atoms with Crippen molar-refractivity contribution in [1.29, 1.82) is 0 Å². The van der Waals surface area contributed by atoms with Crippen molar-refractivity contribution in [2.24, 2.45) is 0 Å². The molecule has 0 radical (unpaired) electrons. The Bertz CT molecular complexity index is 546. The monoisotopic (exact) mass is 233 g/mol. The van der Waals surface area contributed by atoms with Crippen LogP contribution < -0.4 is 0 Å². The topological polar surface area (TPSA) is 73.3 Å². The highest BCUT2D eigenvalue weighted by Gasteiger charge is 1.92. The van der Waals surface area contributed by atoms with E-state index in [2.05, 4.69) is 10.9 Å². The summed E-state index contributed by atoms with van der Waals surface area (Å²) in [7, 11) is 0. The summed E-state index contributed by atoms with van der Waals surface area (Å²) in [5.74, 6) is 3.32. The summed E-state index contributed by atoms with van der Waals surface area (Å²) in [6.45, 7) is 1.48. The van der Waals surface area contributed by atoms with Gasteiger partial charge in [-0.2, -0.15) is 0 Å². The van der Waals surface area contributed by atoms with Gasteiger partial charge in [-0.15, -0.1) is 0 Å². The van der Waals surface area contributed by atoms with Crippen LogP contribution in [0.25, 0.3) is 10.9 Å². The van der Waals surface area contributed by atoms with Crippen LogP contribution in [-0.2, 0) is 4.79 Å². The van der Waals surface area contributed by atoms with Crippen LogP contribution in [0.2, 0.25) is 0 Å². The van der Waals surface area contributed by atoms with Gasteiger partial charge >= 0.3 is 5.97 Å². The van der Waals surface area contributed by atoms with Crippen LogP contribution in [0.15, 0.2) is 30.5 Å². The highest BCUT2D eigenvalue weighted by molar-refractivity contribution is 5.86. The Morgan fingerprint density at radius 1 is 1.35 bits per heavy atom. The van der Waals surface area contributed by atoms with Gasteiger partial charge in [0.05, 0.1) is 0 Å². The van der Waals surface area contributed by atoms with Gasteiger partial charge in [0.15, 0.2) is 0 Å². The number of nitrogens with one attached hydrogen (secondary N) is 1. The molecule has 2 rings (SSSR count). The first-order valence-electron chi connectivity index (χ1n) is 4.55. The molecule has 0 aliphatic heterocycles.